The predicted octanol–water partition coefficient (Wildman–Crippen LogP) is 4.74. The van der Waals surface area contributed by atoms with E-state index in [0.717, 1.165) is 23.5 Å². The Labute approximate surface area is 167 Å². The standard InChI is InChI=1S/C20H22ClN3O2S/c1-20(2,3)18-17-11(7-8-22-18)9-16(27-17)13-5-6-14-12(21)10-15(19(25)26-4)24(14)23-13/h5-6,9-10,18,22H,7-8H2,1-4H3. The van der Waals surface area contributed by atoms with Crippen molar-refractivity contribution in [2.45, 2.75) is 33.2 Å². The van der Waals surface area contributed by atoms with Crippen molar-refractivity contribution in [3.05, 3.63) is 45.4 Å². The fourth-order valence-electron chi connectivity index (χ4n) is 3.58. The van der Waals surface area contributed by atoms with Gasteiger partial charge < -0.3 is 10.1 Å². The fraction of sp³-hybridized carbons (Fsp3) is 0.400. The molecule has 3 aromatic rings. The summed E-state index contributed by atoms with van der Waals surface area (Å²) in [5.41, 5.74) is 3.37. The molecule has 1 N–H and O–H groups in total. The Morgan fingerprint density at radius 1 is 1.37 bits per heavy atom. The van der Waals surface area contributed by atoms with Crippen LogP contribution in [-0.2, 0) is 11.2 Å². The second kappa shape index (κ2) is 6.62. The Balaban J connectivity index is 1.82. The fourth-order valence-corrected chi connectivity index (χ4v) is 5.32. The zero-order valence-corrected chi connectivity index (χ0v) is 17.4. The summed E-state index contributed by atoms with van der Waals surface area (Å²) in [6.45, 7) is 7.76. The number of hydrogen-bond donors (Lipinski definition) is 1. The lowest BCUT2D eigenvalue weighted by Crippen LogP contribution is -2.36. The molecule has 0 radical (unpaired) electrons. The van der Waals surface area contributed by atoms with Gasteiger partial charge >= 0.3 is 5.97 Å². The van der Waals surface area contributed by atoms with Crippen LogP contribution in [0.15, 0.2) is 24.3 Å². The Hall–Kier alpha value is -1.89. The summed E-state index contributed by atoms with van der Waals surface area (Å²) in [4.78, 5) is 14.5. The molecular formula is C20H22ClN3O2S. The summed E-state index contributed by atoms with van der Waals surface area (Å²) in [6.07, 6.45) is 1.02. The lowest BCUT2D eigenvalue weighted by atomic mass is 9.82. The van der Waals surface area contributed by atoms with Crippen molar-refractivity contribution < 1.29 is 9.53 Å². The maximum Gasteiger partial charge on any atom is 0.356 e. The van der Waals surface area contributed by atoms with Crippen molar-refractivity contribution >= 4 is 34.4 Å². The van der Waals surface area contributed by atoms with E-state index < -0.39 is 5.97 Å². The third-order valence-corrected chi connectivity index (χ3v) is 6.50. The van der Waals surface area contributed by atoms with Crippen molar-refractivity contribution in [3.63, 3.8) is 0 Å². The molecule has 142 valence electrons. The average molecular weight is 404 g/mol. The first-order chi connectivity index (χ1) is 12.8. The summed E-state index contributed by atoms with van der Waals surface area (Å²) in [6, 6.07) is 8.01. The summed E-state index contributed by atoms with van der Waals surface area (Å²) < 4.78 is 6.43. The summed E-state index contributed by atoms with van der Waals surface area (Å²) in [5, 5.41) is 8.82. The molecule has 0 aliphatic carbocycles. The number of nitrogens with one attached hydrogen (secondary N) is 1. The molecule has 0 amide bonds. The van der Waals surface area contributed by atoms with E-state index in [1.165, 1.54) is 17.6 Å². The van der Waals surface area contributed by atoms with Crippen LogP contribution < -0.4 is 5.32 Å². The van der Waals surface area contributed by atoms with Gasteiger partial charge in [0.2, 0.25) is 0 Å². The van der Waals surface area contributed by atoms with Crippen molar-refractivity contribution in [3.8, 4) is 10.6 Å². The number of methoxy groups -OCH3 is 1. The Morgan fingerprint density at radius 2 is 2.15 bits per heavy atom. The molecule has 5 nitrogen and oxygen atoms in total. The maximum atomic E-state index is 12.1. The van der Waals surface area contributed by atoms with Crippen LogP contribution in [0, 0.1) is 5.41 Å². The van der Waals surface area contributed by atoms with Crippen LogP contribution in [0.1, 0.15) is 47.7 Å². The van der Waals surface area contributed by atoms with Crippen molar-refractivity contribution in [1.29, 1.82) is 0 Å². The highest BCUT2D eigenvalue weighted by atomic mass is 35.5. The van der Waals surface area contributed by atoms with Crippen LogP contribution in [0.2, 0.25) is 5.02 Å². The van der Waals surface area contributed by atoms with E-state index in [2.05, 4.69) is 37.3 Å². The number of rotatable bonds is 2. The van der Waals surface area contributed by atoms with E-state index in [9.17, 15) is 4.79 Å². The van der Waals surface area contributed by atoms with Crippen LogP contribution in [0.4, 0.5) is 0 Å². The van der Waals surface area contributed by atoms with E-state index in [1.807, 2.05) is 12.1 Å². The van der Waals surface area contributed by atoms with Crippen molar-refractivity contribution in [1.82, 2.24) is 14.9 Å². The van der Waals surface area contributed by atoms with Crippen molar-refractivity contribution in [2.24, 2.45) is 5.41 Å². The number of carbonyl (C=O) groups is 1. The smallest absolute Gasteiger partial charge is 0.356 e. The van der Waals surface area contributed by atoms with Gasteiger partial charge in [-0.05, 0) is 48.2 Å². The van der Waals surface area contributed by atoms with Gasteiger partial charge in [0.05, 0.1) is 22.5 Å². The Bertz CT molecular complexity index is 1030. The highest BCUT2D eigenvalue weighted by molar-refractivity contribution is 7.15. The van der Waals surface area contributed by atoms with Gasteiger partial charge in [-0.3, -0.25) is 0 Å². The number of aromatic nitrogens is 2. The van der Waals surface area contributed by atoms with E-state index in [1.54, 1.807) is 21.9 Å². The number of hydrogen-bond acceptors (Lipinski definition) is 5. The molecule has 4 heterocycles. The highest BCUT2D eigenvalue weighted by Crippen LogP contribution is 2.43. The first kappa shape index (κ1) is 18.5. The molecule has 1 aliphatic heterocycles. The Kier molecular flexibility index (Phi) is 4.53. The number of ether oxygens (including phenoxy) is 1. The SMILES string of the molecule is COC(=O)c1cc(Cl)c2ccc(-c3cc4c(s3)C(C(C)(C)C)NCC4)nn12. The third kappa shape index (κ3) is 3.16. The lowest BCUT2D eigenvalue weighted by molar-refractivity contribution is 0.0591. The minimum Gasteiger partial charge on any atom is -0.464 e. The van der Waals surface area contributed by atoms with Gasteiger partial charge in [0.25, 0.3) is 0 Å². The zero-order chi connectivity index (χ0) is 19.3. The highest BCUT2D eigenvalue weighted by Gasteiger charge is 2.32. The van der Waals surface area contributed by atoms with Gasteiger partial charge in [0.15, 0.2) is 5.69 Å². The molecule has 1 unspecified atom stereocenters. The molecule has 0 bridgehead atoms. The molecule has 0 saturated heterocycles. The van der Waals surface area contributed by atoms with Crippen molar-refractivity contribution in [2.75, 3.05) is 13.7 Å². The Morgan fingerprint density at radius 3 is 2.85 bits per heavy atom. The van der Waals surface area contributed by atoms with E-state index in [4.69, 9.17) is 16.3 Å². The van der Waals surface area contributed by atoms with Crippen LogP contribution in [0.3, 0.4) is 0 Å². The number of fused-ring (bicyclic) bond motifs is 2. The molecule has 4 rings (SSSR count). The van der Waals surface area contributed by atoms with Gasteiger partial charge in [-0.1, -0.05) is 32.4 Å². The monoisotopic (exact) mass is 403 g/mol. The molecular weight excluding hydrogens is 382 g/mol. The van der Waals surface area contributed by atoms with Gasteiger partial charge in [0.1, 0.15) is 5.69 Å². The topological polar surface area (TPSA) is 55.6 Å². The average Bonchev–Trinajstić information content (AvgIpc) is 3.21. The summed E-state index contributed by atoms with van der Waals surface area (Å²) in [7, 11) is 1.35. The molecule has 27 heavy (non-hydrogen) atoms. The number of carbonyl (C=O) groups excluding carboxylic acids is 1. The lowest BCUT2D eigenvalue weighted by Gasteiger charge is -2.34. The molecule has 0 spiro atoms. The molecule has 1 aliphatic rings. The molecule has 0 saturated carbocycles. The number of halogens is 1. The van der Waals surface area contributed by atoms with Crippen LogP contribution >= 0.6 is 22.9 Å². The van der Waals surface area contributed by atoms with Gasteiger partial charge in [0, 0.05) is 10.9 Å². The van der Waals surface area contributed by atoms with Crippen LogP contribution in [0.5, 0.6) is 0 Å². The molecule has 0 aromatic carbocycles. The van der Waals surface area contributed by atoms with Gasteiger partial charge in [-0.2, -0.15) is 5.10 Å². The van der Waals surface area contributed by atoms with Gasteiger partial charge in [-0.25, -0.2) is 9.31 Å². The molecule has 7 heteroatoms. The third-order valence-electron chi connectivity index (χ3n) is 4.93. The van der Waals surface area contributed by atoms with E-state index in [-0.39, 0.29) is 5.41 Å². The first-order valence-electron chi connectivity index (χ1n) is 8.92. The molecule has 3 aromatic heterocycles. The van der Waals surface area contributed by atoms with E-state index >= 15 is 0 Å². The zero-order valence-electron chi connectivity index (χ0n) is 15.8. The number of thiophene rings is 1. The first-order valence-corrected chi connectivity index (χ1v) is 10.1. The van der Waals surface area contributed by atoms with E-state index in [0.29, 0.717) is 22.3 Å². The quantitative estimate of drug-likeness (QED) is 0.628. The minimum atomic E-state index is -0.455. The number of esters is 1. The summed E-state index contributed by atoms with van der Waals surface area (Å²) in [5.74, 6) is -0.455. The van der Waals surface area contributed by atoms with Crippen LogP contribution in [0.25, 0.3) is 16.1 Å². The maximum absolute atomic E-state index is 12.1. The minimum absolute atomic E-state index is 0.140. The van der Waals surface area contributed by atoms with Gasteiger partial charge in [-0.15, -0.1) is 11.3 Å². The largest absolute Gasteiger partial charge is 0.464 e. The second-order valence-electron chi connectivity index (χ2n) is 7.89. The second-order valence-corrected chi connectivity index (χ2v) is 9.38. The normalized spacial score (nSPS) is 17.1. The summed E-state index contributed by atoms with van der Waals surface area (Å²) >= 11 is 8.03. The molecule has 1 atom stereocenters. The molecule has 0 fully saturated rings. The predicted molar refractivity (Wildman–Crippen MR) is 109 cm³/mol. The van der Waals surface area contributed by atoms with Crippen LogP contribution in [-0.4, -0.2) is 29.2 Å². The number of nitrogens with zero attached hydrogens (tertiary/aromatic N) is 2.